The molecule has 1 aromatic carbocycles. The first kappa shape index (κ1) is 17.0. The number of rotatable bonds is 7. The monoisotopic (exact) mass is 297 g/mol. The second-order valence-corrected chi connectivity index (χ2v) is 5.68. The van der Waals surface area contributed by atoms with E-state index >= 15 is 0 Å². The van der Waals surface area contributed by atoms with Gasteiger partial charge in [-0.3, -0.25) is 4.79 Å². The molecule has 20 heavy (non-hydrogen) atoms. The smallest absolute Gasteiger partial charge is 0.240 e. The highest BCUT2D eigenvalue weighted by atomic mass is 35.5. The van der Waals surface area contributed by atoms with Crippen molar-refractivity contribution in [2.75, 3.05) is 7.05 Å². The summed E-state index contributed by atoms with van der Waals surface area (Å²) >= 11 is 6.13. The third-order valence-electron chi connectivity index (χ3n) is 3.64. The van der Waals surface area contributed by atoms with Gasteiger partial charge in [0.05, 0.1) is 12.1 Å². The predicted octanol–water partition coefficient (Wildman–Crippen LogP) is 3.36. The average Bonchev–Trinajstić information content (AvgIpc) is 2.50. The van der Waals surface area contributed by atoms with Crippen LogP contribution >= 0.6 is 11.6 Å². The molecule has 1 amide bonds. The normalized spacial score (nSPS) is 15.4. The summed E-state index contributed by atoms with van der Waals surface area (Å²) in [6, 6.07) is 9.05. The molecule has 0 aromatic heterocycles. The maximum absolute atomic E-state index is 12.2. The van der Waals surface area contributed by atoms with Crippen molar-refractivity contribution in [3.63, 3.8) is 0 Å². The highest BCUT2D eigenvalue weighted by molar-refractivity contribution is 6.30. The van der Waals surface area contributed by atoms with Gasteiger partial charge >= 0.3 is 0 Å². The number of halogens is 1. The van der Waals surface area contributed by atoms with Crippen LogP contribution in [-0.2, 0) is 4.79 Å². The van der Waals surface area contributed by atoms with Crippen LogP contribution in [0.3, 0.4) is 0 Å². The molecule has 0 fully saturated rings. The number of aliphatic hydroxyl groups excluding tert-OH is 1. The van der Waals surface area contributed by atoms with Crippen LogP contribution in [-0.4, -0.2) is 34.4 Å². The minimum atomic E-state index is -0.708. The van der Waals surface area contributed by atoms with E-state index in [0.717, 1.165) is 18.4 Å². The Balaban J connectivity index is 2.66. The van der Waals surface area contributed by atoms with E-state index in [4.69, 9.17) is 11.6 Å². The Hall–Kier alpha value is -1.06. The number of alkyl halides is 1. The van der Waals surface area contributed by atoms with Crippen LogP contribution in [0.15, 0.2) is 30.3 Å². The fourth-order valence-corrected chi connectivity index (χ4v) is 2.38. The van der Waals surface area contributed by atoms with Crippen LogP contribution < -0.4 is 0 Å². The molecule has 3 atom stereocenters. The van der Waals surface area contributed by atoms with Gasteiger partial charge in [0, 0.05) is 7.05 Å². The maximum Gasteiger partial charge on any atom is 0.240 e. The van der Waals surface area contributed by atoms with E-state index in [2.05, 4.69) is 6.92 Å². The van der Waals surface area contributed by atoms with Gasteiger partial charge in [0.25, 0.3) is 0 Å². The standard InChI is InChI=1S/C16H24ClNO2/c1-4-5-11-14(17)16(20)18(3)12(2)15(19)13-9-7-6-8-10-13/h6-10,12,14-15,19H,4-5,11H2,1-3H3/t12-,14+,15+/m0/s1. The zero-order valence-corrected chi connectivity index (χ0v) is 13.2. The van der Waals surface area contributed by atoms with E-state index in [1.165, 1.54) is 0 Å². The first-order valence-corrected chi connectivity index (χ1v) is 7.56. The molecule has 0 saturated carbocycles. The van der Waals surface area contributed by atoms with Gasteiger partial charge in [-0.05, 0) is 18.9 Å². The highest BCUT2D eigenvalue weighted by Crippen LogP contribution is 2.21. The lowest BCUT2D eigenvalue weighted by atomic mass is 10.0. The van der Waals surface area contributed by atoms with Crippen molar-refractivity contribution in [1.82, 2.24) is 4.90 Å². The fourth-order valence-electron chi connectivity index (χ4n) is 2.07. The summed E-state index contributed by atoms with van der Waals surface area (Å²) in [7, 11) is 1.69. The van der Waals surface area contributed by atoms with Gasteiger partial charge in [0.1, 0.15) is 5.38 Å². The molecule has 1 aromatic rings. The van der Waals surface area contributed by atoms with Crippen molar-refractivity contribution in [2.24, 2.45) is 0 Å². The van der Waals surface area contributed by atoms with E-state index in [1.807, 2.05) is 37.3 Å². The molecule has 112 valence electrons. The third-order valence-corrected chi connectivity index (χ3v) is 4.04. The minimum absolute atomic E-state index is 0.123. The number of aliphatic hydroxyl groups is 1. The molecule has 0 saturated heterocycles. The molecule has 1 rings (SSSR count). The van der Waals surface area contributed by atoms with Crippen molar-refractivity contribution >= 4 is 17.5 Å². The Morgan fingerprint density at radius 1 is 1.35 bits per heavy atom. The molecular formula is C16H24ClNO2. The Bertz CT molecular complexity index is 410. The first-order chi connectivity index (χ1) is 9.49. The molecule has 0 spiro atoms. The number of carbonyl (C=O) groups is 1. The fraction of sp³-hybridized carbons (Fsp3) is 0.562. The third kappa shape index (κ3) is 4.50. The first-order valence-electron chi connectivity index (χ1n) is 7.12. The molecule has 0 bridgehead atoms. The SMILES string of the molecule is CCCC[C@@H](Cl)C(=O)N(C)[C@@H](C)[C@@H](O)c1ccccc1. The van der Waals surface area contributed by atoms with Gasteiger partial charge < -0.3 is 10.0 Å². The number of hydrogen-bond acceptors (Lipinski definition) is 2. The molecular weight excluding hydrogens is 274 g/mol. The molecule has 0 aliphatic carbocycles. The second kappa shape index (κ2) is 8.28. The van der Waals surface area contributed by atoms with Gasteiger partial charge in [-0.2, -0.15) is 0 Å². The molecule has 0 aliphatic rings. The quantitative estimate of drug-likeness (QED) is 0.784. The van der Waals surface area contributed by atoms with Crippen LogP contribution in [0, 0.1) is 0 Å². The van der Waals surface area contributed by atoms with E-state index < -0.39 is 11.5 Å². The Kier molecular flexibility index (Phi) is 7.03. The van der Waals surface area contributed by atoms with Gasteiger partial charge in [0.15, 0.2) is 0 Å². The molecule has 0 unspecified atom stereocenters. The number of amides is 1. The Morgan fingerprint density at radius 2 is 1.95 bits per heavy atom. The summed E-state index contributed by atoms with van der Waals surface area (Å²) in [5, 5.41) is 9.82. The number of nitrogens with zero attached hydrogens (tertiary/aromatic N) is 1. The van der Waals surface area contributed by atoms with Crippen LogP contribution in [0.1, 0.15) is 44.8 Å². The number of likely N-dealkylation sites (N-methyl/N-ethyl adjacent to an activating group) is 1. The van der Waals surface area contributed by atoms with Crippen molar-refractivity contribution in [2.45, 2.75) is 50.6 Å². The number of unbranched alkanes of at least 4 members (excludes halogenated alkanes) is 1. The summed E-state index contributed by atoms with van der Waals surface area (Å²) in [6.07, 6.45) is 1.92. The van der Waals surface area contributed by atoms with Crippen LogP contribution in [0.5, 0.6) is 0 Å². The number of carbonyl (C=O) groups excluding carboxylic acids is 1. The summed E-state index contributed by atoms with van der Waals surface area (Å²) in [6.45, 7) is 3.90. The summed E-state index contributed by atoms with van der Waals surface area (Å²) < 4.78 is 0. The summed E-state index contributed by atoms with van der Waals surface area (Å²) in [5.41, 5.74) is 0.805. The van der Waals surface area contributed by atoms with E-state index in [1.54, 1.807) is 11.9 Å². The van der Waals surface area contributed by atoms with Crippen molar-refractivity contribution in [3.05, 3.63) is 35.9 Å². The topological polar surface area (TPSA) is 40.5 Å². The summed E-state index contributed by atoms with van der Waals surface area (Å²) in [4.78, 5) is 13.8. The van der Waals surface area contributed by atoms with Gasteiger partial charge in [-0.15, -0.1) is 11.6 Å². The zero-order valence-electron chi connectivity index (χ0n) is 12.4. The largest absolute Gasteiger partial charge is 0.386 e. The van der Waals surface area contributed by atoms with E-state index in [-0.39, 0.29) is 11.9 Å². The van der Waals surface area contributed by atoms with Crippen LogP contribution in [0.2, 0.25) is 0 Å². The van der Waals surface area contributed by atoms with Crippen molar-refractivity contribution in [3.8, 4) is 0 Å². The van der Waals surface area contributed by atoms with E-state index in [0.29, 0.717) is 6.42 Å². The molecule has 1 N–H and O–H groups in total. The van der Waals surface area contributed by atoms with Crippen LogP contribution in [0.4, 0.5) is 0 Å². The molecule has 3 nitrogen and oxygen atoms in total. The van der Waals surface area contributed by atoms with Crippen molar-refractivity contribution < 1.29 is 9.90 Å². The van der Waals surface area contributed by atoms with Gasteiger partial charge in [0.2, 0.25) is 5.91 Å². The number of benzene rings is 1. The van der Waals surface area contributed by atoms with Crippen LogP contribution in [0.25, 0.3) is 0 Å². The molecule has 0 radical (unpaired) electrons. The molecule has 0 heterocycles. The van der Waals surface area contributed by atoms with Gasteiger partial charge in [-0.25, -0.2) is 0 Å². The number of hydrogen-bond donors (Lipinski definition) is 1. The van der Waals surface area contributed by atoms with Crippen molar-refractivity contribution in [1.29, 1.82) is 0 Å². The zero-order chi connectivity index (χ0) is 15.1. The van der Waals surface area contributed by atoms with Gasteiger partial charge in [-0.1, -0.05) is 50.1 Å². The second-order valence-electron chi connectivity index (χ2n) is 5.16. The average molecular weight is 298 g/mol. The Morgan fingerprint density at radius 3 is 2.50 bits per heavy atom. The summed E-state index contributed by atoms with van der Waals surface area (Å²) in [5.74, 6) is -0.123. The lowest BCUT2D eigenvalue weighted by molar-refractivity contribution is -0.133. The lowest BCUT2D eigenvalue weighted by Crippen LogP contribution is -2.42. The molecule has 4 heteroatoms. The predicted molar refractivity (Wildman–Crippen MR) is 82.8 cm³/mol. The van der Waals surface area contributed by atoms with E-state index in [9.17, 15) is 9.90 Å². The molecule has 0 aliphatic heterocycles. The minimum Gasteiger partial charge on any atom is -0.386 e. The Labute approximate surface area is 126 Å². The highest BCUT2D eigenvalue weighted by Gasteiger charge is 2.27. The lowest BCUT2D eigenvalue weighted by Gasteiger charge is -2.30. The maximum atomic E-state index is 12.2.